The third-order valence-corrected chi connectivity index (χ3v) is 6.54. The molecule has 1 N–H and O–H groups in total. The van der Waals surface area contributed by atoms with Crippen molar-refractivity contribution in [2.45, 2.75) is 32.5 Å². The second kappa shape index (κ2) is 11.9. The summed E-state index contributed by atoms with van der Waals surface area (Å²) >= 11 is 1.36. The van der Waals surface area contributed by atoms with Gasteiger partial charge in [-0.25, -0.2) is 13.9 Å². The molecule has 0 aliphatic heterocycles. The van der Waals surface area contributed by atoms with E-state index in [1.807, 2.05) is 60.2 Å². The normalized spacial score (nSPS) is 11.6. The number of hydrogen-bond acceptors (Lipinski definition) is 4. The highest BCUT2D eigenvalue weighted by molar-refractivity contribution is 7.10. The first-order chi connectivity index (χ1) is 15.6. The van der Waals surface area contributed by atoms with Crippen LogP contribution in [-0.2, 0) is 29.0 Å². The van der Waals surface area contributed by atoms with Gasteiger partial charge in [0.25, 0.3) is 5.82 Å². The van der Waals surface area contributed by atoms with Crippen LogP contribution in [-0.4, -0.2) is 22.2 Å². The topological polar surface area (TPSA) is 55.3 Å². The highest BCUT2D eigenvalue weighted by Crippen LogP contribution is 2.33. The molecule has 172 valence electrons. The Kier molecular flexibility index (Phi) is 9.00. The zero-order chi connectivity index (χ0) is 22.3. The van der Waals surface area contributed by atoms with Gasteiger partial charge in [-0.05, 0) is 28.1 Å². The van der Waals surface area contributed by atoms with Gasteiger partial charge in [0.15, 0.2) is 6.10 Å². The Labute approximate surface area is 208 Å². The van der Waals surface area contributed by atoms with Crippen LogP contribution >= 0.6 is 11.3 Å². The Hall–Kier alpha value is -2.74. The van der Waals surface area contributed by atoms with Crippen molar-refractivity contribution in [1.29, 1.82) is 0 Å². The molecule has 2 heterocycles. The highest BCUT2D eigenvalue weighted by atomic mass is 79.9. The van der Waals surface area contributed by atoms with Gasteiger partial charge in [0, 0.05) is 13.3 Å². The number of carbonyl (C=O) groups is 1. The minimum absolute atomic E-state index is 0. The zero-order valence-electron chi connectivity index (χ0n) is 18.4. The Morgan fingerprint density at radius 3 is 2.52 bits per heavy atom. The number of esters is 1. The van der Waals surface area contributed by atoms with Crippen LogP contribution in [0.15, 0.2) is 84.5 Å². The minimum atomic E-state index is -1.29. The van der Waals surface area contributed by atoms with Gasteiger partial charge in [-0.3, -0.25) is 0 Å². The molecule has 0 fully saturated rings. The SMILES string of the molecule is Cc1n(CCOC(=O)C(O)c2sccc2-c2ccccc2)cc[n+]1CCc1ccccc1.[Br-]. The van der Waals surface area contributed by atoms with E-state index in [2.05, 4.69) is 40.3 Å². The van der Waals surface area contributed by atoms with E-state index in [0.29, 0.717) is 11.4 Å². The lowest BCUT2D eigenvalue weighted by Crippen LogP contribution is -3.00. The fourth-order valence-corrected chi connectivity index (χ4v) is 4.62. The van der Waals surface area contributed by atoms with Crippen molar-refractivity contribution < 1.29 is 36.2 Å². The predicted molar refractivity (Wildman–Crippen MR) is 125 cm³/mol. The molecule has 0 bridgehead atoms. The fraction of sp³-hybridized carbons (Fsp3) is 0.231. The number of benzene rings is 2. The van der Waals surface area contributed by atoms with Crippen LogP contribution in [0.25, 0.3) is 11.1 Å². The van der Waals surface area contributed by atoms with Gasteiger partial charge in [0.05, 0.1) is 11.4 Å². The van der Waals surface area contributed by atoms with Crippen LogP contribution in [0.1, 0.15) is 22.4 Å². The molecule has 0 aliphatic rings. The summed E-state index contributed by atoms with van der Waals surface area (Å²) in [6.07, 6.45) is 3.72. The summed E-state index contributed by atoms with van der Waals surface area (Å²) in [6.45, 7) is 3.69. The van der Waals surface area contributed by atoms with Gasteiger partial charge in [-0.15, -0.1) is 11.3 Å². The smallest absolute Gasteiger partial charge is 0.340 e. The van der Waals surface area contributed by atoms with Crippen LogP contribution < -0.4 is 21.5 Å². The summed E-state index contributed by atoms with van der Waals surface area (Å²) in [7, 11) is 0. The van der Waals surface area contributed by atoms with E-state index >= 15 is 0 Å². The highest BCUT2D eigenvalue weighted by Gasteiger charge is 2.24. The van der Waals surface area contributed by atoms with Crippen molar-refractivity contribution in [2.24, 2.45) is 0 Å². The van der Waals surface area contributed by atoms with Crippen LogP contribution in [0.2, 0.25) is 0 Å². The Morgan fingerprint density at radius 1 is 1.09 bits per heavy atom. The minimum Gasteiger partial charge on any atom is -1.00 e. The third kappa shape index (κ3) is 6.19. The molecule has 2 aromatic heterocycles. The fourth-order valence-electron chi connectivity index (χ4n) is 3.73. The number of halogens is 1. The summed E-state index contributed by atoms with van der Waals surface area (Å²) in [5.74, 6) is 0.480. The third-order valence-electron chi connectivity index (χ3n) is 5.57. The number of aliphatic hydroxyl groups excluding tert-OH is 1. The molecule has 0 amide bonds. The summed E-state index contributed by atoms with van der Waals surface area (Å²) in [6, 6.07) is 22.1. The molecule has 2 aromatic carbocycles. The quantitative estimate of drug-likeness (QED) is 0.264. The number of imidazole rings is 1. The maximum Gasteiger partial charge on any atom is 0.340 e. The molecule has 0 aliphatic carbocycles. The van der Waals surface area contributed by atoms with Gasteiger partial charge in [0.2, 0.25) is 0 Å². The van der Waals surface area contributed by atoms with E-state index in [-0.39, 0.29) is 23.6 Å². The number of carbonyl (C=O) groups excluding carboxylic acids is 1. The number of ether oxygens (including phenoxy) is 1. The average molecular weight is 527 g/mol. The van der Waals surface area contributed by atoms with E-state index in [1.54, 1.807) is 0 Å². The van der Waals surface area contributed by atoms with Crippen molar-refractivity contribution in [2.75, 3.05) is 6.61 Å². The Bertz CT molecular complexity index is 1160. The van der Waals surface area contributed by atoms with Crippen molar-refractivity contribution in [3.8, 4) is 11.1 Å². The number of aryl methyl sites for hydroxylation is 2. The molecule has 1 unspecified atom stereocenters. The molecule has 0 spiro atoms. The lowest BCUT2D eigenvalue weighted by molar-refractivity contribution is -0.702. The zero-order valence-corrected chi connectivity index (χ0v) is 20.8. The van der Waals surface area contributed by atoms with Gasteiger partial charge < -0.3 is 26.8 Å². The molecule has 4 rings (SSSR count). The molecule has 0 saturated carbocycles. The van der Waals surface area contributed by atoms with Crippen molar-refractivity contribution in [3.63, 3.8) is 0 Å². The molecule has 1 atom stereocenters. The first-order valence-corrected chi connectivity index (χ1v) is 11.6. The number of aliphatic hydroxyl groups is 1. The van der Waals surface area contributed by atoms with Crippen molar-refractivity contribution in [3.05, 3.63) is 101 Å². The average Bonchev–Trinajstić information content (AvgIpc) is 3.46. The monoisotopic (exact) mass is 526 g/mol. The van der Waals surface area contributed by atoms with Gasteiger partial charge in [0.1, 0.15) is 25.5 Å². The van der Waals surface area contributed by atoms with Gasteiger partial charge >= 0.3 is 5.97 Å². The standard InChI is InChI=1S/C26H27N2O3S.BrH/c1-20-27(14-12-21-8-4-2-5-9-21)15-16-28(20)17-18-31-26(30)24(29)25-23(13-19-32-25)22-10-6-3-7-11-22;/h2-11,13,15-16,19,24,29H,12,14,17-18H2,1H3;1H/q+1;/p-1. The lowest BCUT2D eigenvalue weighted by Gasteiger charge is -2.11. The first kappa shape index (κ1) is 24.9. The maximum atomic E-state index is 12.5. The van der Waals surface area contributed by atoms with Crippen LogP contribution in [0.4, 0.5) is 0 Å². The second-order valence-electron chi connectivity index (χ2n) is 7.60. The number of thiophene rings is 1. The van der Waals surface area contributed by atoms with E-state index in [4.69, 9.17) is 4.74 Å². The molecule has 5 nitrogen and oxygen atoms in total. The van der Waals surface area contributed by atoms with Crippen LogP contribution in [0.5, 0.6) is 0 Å². The second-order valence-corrected chi connectivity index (χ2v) is 8.55. The summed E-state index contributed by atoms with van der Waals surface area (Å²) in [5, 5.41) is 12.5. The molecular formula is C26H27BrN2O3S. The van der Waals surface area contributed by atoms with E-state index < -0.39 is 12.1 Å². The van der Waals surface area contributed by atoms with Gasteiger partial charge in [-0.1, -0.05) is 60.7 Å². The van der Waals surface area contributed by atoms with E-state index in [0.717, 1.165) is 29.9 Å². The first-order valence-electron chi connectivity index (χ1n) is 10.7. The number of rotatable bonds is 9. The van der Waals surface area contributed by atoms with E-state index in [1.165, 1.54) is 16.9 Å². The molecule has 7 heteroatoms. The Balaban J connectivity index is 0.00000306. The van der Waals surface area contributed by atoms with Gasteiger partial charge in [-0.2, -0.15) is 0 Å². The summed E-state index contributed by atoms with van der Waals surface area (Å²) in [5.41, 5.74) is 3.14. The van der Waals surface area contributed by atoms with Crippen LogP contribution in [0.3, 0.4) is 0 Å². The van der Waals surface area contributed by atoms with Crippen molar-refractivity contribution >= 4 is 17.3 Å². The molecular weight excluding hydrogens is 500 g/mol. The largest absolute Gasteiger partial charge is 1.00 e. The Morgan fingerprint density at radius 2 is 1.79 bits per heavy atom. The maximum absolute atomic E-state index is 12.5. The predicted octanol–water partition coefficient (Wildman–Crippen LogP) is 1.34. The van der Waals surface area contributed by atoms with E-state index in [9.17, 15) is 9.90 Å². The molecule has 0 saturated heterocycles. The van der Waals surface area contributed by atoms with Crippen LogP contribution in [0, 0.1) is 6.92 Å². The summed E-state index contributed by atoms with van der Waals surface area (Å²) in [4.78, 5) is 13.1. The molecule has 33 heavy (non-hydrogen) atoms. The molecule has 4 aromatic rings. The lowest BCUT2D eigenvalue weighted by atomic mass is 10.0. The molecule has 0 radical (unpaired) electrons. The van der Waals surface area contributed by atoms with Crippen molar-refractivity contribution in [1.82, 2.24) is 4.57 Å². The number of hydrogen-bond donors (Lipinski definition) is 1. The number of aromatic nitrogens is 2. The summed E-state index contributed by atoms with van der Waals surface area (Å²) < 4.78 is 9.66. The number of nitrogens with zero attached hydrogens (tertiary/aromatic N) is 2.